The van der Waals surface area contributed by atoms with Gasteiger partial charge in [0.25, 0.3) is 0 Å². The molecule has 0 amide bonds. The molecule has 1 saturated carbocycles. The van der Waals surface area contributed by atoms with E-state index >= 15 is 8.42 Å². The quantitative estimate of drug-likeness (QED) is 0.112. The maximum atomic E-state index is 15.9. The van der Waals surface area contributed by atoms with Crippen molar-refractivity contribution in [3.05, 3.63) is 113 Å². The van der Waals surface area contributed by atoms with Gasteiger partial charge in [-0.1, -0.05) is 48.5 Å². The first kappa shape index (κ1) is 40.4. The largest absolute Gasteiger partial charge is 0.497 e. The minimum absolute atomic E-state index is 0.120. The molecule has 7 rings (SSSR count). The van der Waals surface area contributed by atoms with E-state index in [0.29, 0.717) is 54.2 Å². The van der Waals surface area contributed by atoms with E-state index < -0.39 is 10.0 Å². The van der Waals surface area contributed by atoms with Crippen LogP contribution in [0.25, 0.3) is 11.4 Å². The average Bonchev–Trinajstić information content (AvgIpc) is 3.72. The van der Waals surface area contributed by atoms with Gasteiger partial charge in [-0.2, -0.15) is 9.10 Å². The van der Waals surface area contributed by atoms with Crippen LogP contribution in [0, 0.1) is 11.8 Å². The SMILES string of the molecule is COc1ccc(CN(Cc2ccc(OC)cc2)S(=O)(=O)c2c(CC3CCNCC3)ccc(C3CCC(CN)CC3)c2-c2nnn(Cc3ccc(OC)cc3)n2)cc1. The second-order valence-electron chi connectivity index (χ2n) is 15.3. The fraction of sp³-hybridized carbons (Fsp3) is 0.432. The molecule has 1 aliphatic heterocycles. The first-order valence-corrected chi connectivity index (χ1v) is 21.5. The zero-order valence-corrected chi connectivity index (χ0v) is 34.1. The van der Waals surface area contributed by atoms with Crippen LogP contribution in [-0.4, -0.2) is 73.9 Å². The Balaban J connectivity index is 1.39. The number of aromatic nitrogens is 4. The number of tetrazole rings is 1. The zero-order chi connectivity index (χ0) is 39.8. The number of hydrogen-bond donors (Lipinski definition) is 2. The third kappa shape index (κ3) is 9.66. The number of rotatable bonds is 16. The number of benzene rings is 4. The van der Waals surface area contributed by atoms with Gasteiger partial charge >= 0.3 is 0 Å². The summed E-state index contributed by atoms with van der Waals surface area (Å²) in [5, 5.41) is 17.6. The lowest BCUT2D eigenvalue weighted by Gasteiger charge is -2.32. The van der Waals surface area contributed by atoms with E-state index in [1.165, 1.54) is 0 Å². The molecular weight excluding hydrogens is 739 g/mol. The number of ether oxygens (including phenoxy) is 3. The van der Waals surface area contributed by atoms with Crippen molar-refractivity contribution in [2.75, 3.05) is 41.0 Å². The van der Waals surface area contributed by atoms with E-state index in [2.05, 4.69) is 27.8 Å². The Kier molecular flexibility index (Phi) is 13.2. The predicted octanol–water partition coefficient (Wildman–Crippen LogP) is 6.58. The number of methoxy groups -OCH3 is 3. The summed E-state index contributed by atoms with van der Waals surface area (Å²) >= 11 is 0. The van der Waals surface area contributed by atoms with Crippen molar-refractivity contribution in [3.8, 4) is 28.6 Å². The third-order valence-electron chi connectivity index (χ3n) is 11.7. The topological polar surface area (TPSA) is 147 Å². The number of nitrogens with two attached hydrogens (primary N) is 1. The first-order chi connectivity index (χ1) is 27.8. The highest BCUT2D eigenvalue weighted by molar-refractivity contribution is 7.89. The summed E-state index contributed by atoms with van der Waals surface area (Å²) in [6, 6.07) is 27.1. The molecular formula is C44H55N7O5S. The van der Waals surface area contributed by atoms with Crippen LogP contribution in [0.5, 0.6) is 17.2 Å². The fourth-order valence-electron chi connectivity index (χ4n) is 8.30. The monoisotopic (exact) mass is 793 g/mol. The summed E-state index contributed by atoms with van der Waals surface area (Å²) in [6.07, 6.45) is 6.35. The van der Waals surface area contributed by atoms with Crippen molar-refractivity contribution in [3.63, 3.8) is 0 Å². The summed E-state index contributed by atoms with van der Waals surface area (Å²) in [5.41, 5.74) is 11.1. The molecule has 13 heteroatoms. The normalized spacial score (nSPS) is 17.8. The minimum Gasteiger partial charge on any atom is -0.497 e. The highest BCUT2D eigenvalue weighted by Gasteiger charge is 2.36. The van der Waals surface area contributed by atoms with Crippen molar-refractivity contribution in [2.24, 2.45) is 17.6 Å². The second kappa shape index (κ2) is 18.6. The molecule has 2 fully saturated rings. The van der Waals surface area contributed by atoms with Gasteiger partial charge in [0.1, 0.15) is 17.2 Å². The third-order valence-corrected chi connectivity index (χ3v) is 13.6. The fourth-order valence-corrected chi connectivity index (χ4v) is 10.1. The van der Waals surface area contributed by atoms with Crippen molar-refractivity contribution in [1.82, 2.24) is 29.8 Å². The standard InChI is InChI=1S/C44H55N7O5S/c1-54-38-15-6-33(7-16-38)28-50(29-34-8-17-39(55-2)18-9-34)57(52,53)43-37(26-31-22-24-46-25-23-31)14-21-41(36-12-4-32(27-45)5-13-36)42(43)44-47-49-51(48-44)30-35-10-19-40(56-3)20-11-35/h6-11,14-21,31-32,36,46H,4-5,12-13,22-30,45H2,1-3H3. The van der Waals surface area contributed by atoms with Gasteiger partial charge in [-0.3, -0.25) is 0 Å². The van der Waals surface area contributed by atoms with Gasteiger partial charge in [0.15, 0.2) is 0 Å². The van der Waals surface area contributed by atoms with E-state index in [4.69, 9.17) is 25.0 Å². The lowest BCUT2D eigenvalue weighted by atomic mass is 9.77. The zero-order valence-electron chi connectivity index (χ0n) is 33.3. The molecule has 1 aromatic heterocycles. The summed E-state index contributed by atoms with van der Waals surface area (Å²) < 4.78 is 49.6. The summed E-state index contributed by atoms with van der Waals surface area (Å²) in [4.78, 5) is 1.83. The Morgan fingerprint density at radius 3 is 1.79 bits per heavy atom. The van der Waals surface area contributed by atoms with Gasteiger partial charge < -0.3 is 25.3 Å². The average molecular weight is 794 g/mol. The minimum atomic E-state index is -4.22. The lowest BCUT2D eigenvalue weighted by Crippen LogP contribution is -2.33. The molecule has 0 spiro atoms. The van der Waals surface area contributed by atoms with Gasteiger partial charge in [-0.25, -0.2) is 8.42 Å². The second-order valence-corrected chi connectivity index (χ2v) is 17.2. The molecule has 12 nitrogen and oxygen atoms in total. The van der Waals surface area contributed by atoms with Crippen LogP contribution < -0.4 is 25.3 Å². The maximum absolute atomic E-state index is 15.9. The van der Waals surface area contributed by atoms with Gasteiger partial charge in [0.05, 0.1) is 32.8 Å². The number of nitrogens with zero attached hydrogens (tertiary/aromatic N) is 5. The Hall–Kier alpha value is -4.82. The molecule has 57 heavy (non-hydrogen) atoms. The van der Waals surface area contributed by atoms with Crippen LogP contribution in [0.3, 0.4) is 0 Å². The van der Waals surface area contributed by atoms with Crippen LogP contribution >= 0.6 is 0 Å². The summed E-state index contributed by atoms with van der Waals surface area (Å²) in [6.45, 7) is 3.13. The van der Waals surface area contributed by atoms with E-state index in [9.17, 15) is 0 Å². The Bertz CT molecular complexity index is 2110. The van der Waals surface area contributed by atoms with Gasteiger partial charge in [-0.15, -0.1) is 10.2 Å². The predicted molar refractivity (Wildman–Crippen MR) is 221 cm³/mol. The molecule has 0 radical (unpaired) electrons. The molecule has 2 aliphatic rings. The smallest absolute Gasteiger partial charge is 0.244 e. The Morgan fingerprint density at radius 2 is 1.26 bits per heavy atom. The molecule has 5 aromatic rings. The van der Waals surface area contributed by atoms with Crippen LogP contribution in [0.4, 0.5) is 0 Å². The summed E-state index contributed by atoms with van der Waals surface area (Å²) in [7, 11) is 0.666. The molecule has 302 valence electrons. The van der Waals surface area contributed by atoms with E-state index in [-0.39, 0.29) is 23.9 Å². The van der Waals surface area contributed by atoms with Crippen LogP contribution in [0.1, 0.15) is 72.3 Å². The van der Waals surface area contributed by atoms with E-state index in [0.717, 1.165) is 85.2 Å². The van der Waals surface area contributed by atoms with Crippen molar-refractivity contribution in [2.45, 2.75) is 75.4 Å². The maximum Gasteiger partial charge on any atom is 0.244 e. The number of piperidine rings is 1. The highest BCUT2D eigenvalue weighted by Crippen LogP contribution is 2.44. The Labute approximate surface area is 336 Å². The van der Waals surface area contributed by atoms with Crippen LogP contribution in [0.15, 0.2) is 89.8 Å². The summed E-state index contributed by atoms with van der Waals surface area (Å²) in [5.74, 6) is 3.39. The molecule has 0 unspecified atom stereocenters. The highest BCUT2D eigenvalue weighted by atomic mass is 32.2. The molecule has 3 N–H and O–H groups in total. The van der Waals surface area contributed by atoms with Crippen molar-refractivity contribution in [1.29, 1.82) is 0 Å². The number of hydrogen-bond acceptors (Lipinski definition) is 10. The molecule has 4 aromatic carbocycles. The van der Waals surface area contributed by atoms with Gasteiger partial charge in [0.2, 0.25) is 15.8 Å². The van der Waals surface area contributed by atoms with Crippen LogP contribution in [-0.2, 0) is 36.1 Å². The number of sulfonamides is 1. The molecule has 0 bridgehead atoms. The molecule has 1 aliphatic carbocycles. The molecule has 2 heterocycles. The van der Waals surface area contributed by atoms with Crippen molar-refractivity contribution < 1.29 is 22.6 Å². The molecule has 0 atom stereocenters. The molecule has 1 saturated heterocycles. The number of nitrogens with one attached hydrogen (secondary N) is 1. The Morgan fingerprint density at radius 1 is 0.719 bits per heavy atom. The lowest BCUT2D eigenvalue weighted by molar-refractivity contribution is 0.332. The van der Waals surface area contributed by atoms with Crippen LogP contribution in [0.2, 0.25) is 0 Å². The van der Waals surface area contributed by atoms with Gasteiger partial charge in [-0.05, 0) is 152 Å². The first-order valence-electron chi connectivity index (χ1n) is 20.0. The van der Waals surface area contributed by atoms with Crippen molar-refractivity contribution >= 4 is 10.0 Å². The van der Waals surface area contributed by atoms with E-state index in [1.807, 2.05) is 72.8 Å². The van der Waals surface area contributed by atoms with E-state index in [1.54, 1.807) is 30.4 Å². The van der Waals surface area contributed by atoms with Gasteiger partial charge in [0, 0.05) is 18.7 Å².